The van der Waals surface area contributed by atoms with Crippen LogP contribution in [0.2, 0.25) is 0 Å². The second-order valence-corrected chi connectivity index (χ2v) is 7.53. The fraction of sp³-hybridized carbons (Fsp3) is 0.292. The number of esters is 1. The van der Waals surface area contributed by atoms with Crippen LogP contribution in [0.25, 0.3) is 6.08 Å². The molecule has 30 heavy (non-hydrogen) atoms. The van der Waals surface area contributed by atoms with E-state index in [-0.39, 0.29) is 24.8 Å². The lowest BCUT2D eigenvalue weighted by molar-refractivity contribution is -0.149. The molecule has 0 saturated carbocycles. The zero-order valence-corrected chi connectivity index (χ0v) is 16.9. The molecule has 0 bridgehead atoms. The van der Waals surface area contributed by atoms with E-state index in [1.807, 2.05) is 54.6 Å². The molecule has 2 aromatic carbocycles. The molecule has 0 saturated heterocycles. The summed E-state index contributed by atoms with van der Waals surface area (Å²) in [7, 11) is 0. The monoisotopic (exact) mass is 404 g/mol. The number of hydrogen-bond donors (Lipinski definition) is 0. The third-order valence-corrected chi connectivity index (χ3v) is 5.60. The van der Waals surface area contributed by atoms with Crippen molar-refractivity contribution in [3.8, 4) is 0 Å². The van der Waals surface area contributed by atoms with Crippen LogP contribution in [-0.2, 0) is 25.5 Å². The minimum absolute atomic E-state index is 0.00913. The van der Waals surface area contributed by atoms with Gasteiger partial charge in [0, 0.05) is 25.4 Å². The maximum absolute atomic E-state index is 12.7. The average molecular weight is 404 g/mol. The van der Waals surface area contributed by atoms with E-state index in [1.54, 1.807) is 11.1 Å². The Morgan fingerprint density at radius 3 is 2.67 bits per heavy atom. The van der Waals surface area contributed by atoms with Crippen molar-refractivity contribution in [3.05, 3.63) is 71.4 Å². The van der Waals surface area contributed by atoms with Gasteiger partial charge >= 0.3 is 5.97 Å². The first-order chi connectivity index (χ1) is 14.5. The normalized spacial score (nSPS) is 17.2. The van der Waals surface area contributed by atoms with Crippen LogP contribution in [0.1, 0.15) is 42.5 Å². The van der Waals surface area contributed by atoms with Crippen molar-refractivity contribution in [1.29, 1.82) is 0 Å². The molecule has 2 aromatic rings. The smallest absolute Gasteiger partial charge is 0.308 e. The molecular formula is C24H24N2O4. The van der Waals surface area contributed by atoms with Gasteiger partial charge in [-0.2, -0.15) is 0 Å². The summed E-state index contributed by atoms with van der Waals surface area (Å²) in [5.41, 5.74) is 3.88. The van der Waals surface area contributed by atoms with Crippen LogP contribution in [-0.4, -0.2) is 35.8 Å². The van der Waals surface area contributed by atoms with E-state index in [1.165, 1.54) is 11.8 Å². The Morgan fingerprint density at radius 2 is 1.83 bits per heavy atom. The molecule has 0 N–H and O–H groups in total. The van der Waals surface area contributed by atoms with Gasteiger partial charge < -0.3 is 14.5 Å². The third kappa shape index (κ3) is 3.99. The Morgan fingerprint density at radius 1 is 1.07 bits per heavy atom. The van der Waals surface area contributed by atoms with Crippen LogP contribution in [0.3, 0.4) is 0 Å². The molecule has 4 rings (SSSR count). The largest absolute Gasteiger partial charge is 0.455 e. The van der Waals surface area contributed by atoms with E-state index in [9.17, 15) is 14.4 Å². The molecule has 0 radical (unpaired) electrons. The van der Waals surface area contributed by atoms with Gasteiger partial charge in [0.25, 0.3) is 5.91 Å². The second kappa shape index (κ2) is 8.53. The van der Waals surface area contributed by atoms with Crippen molar-refractivity contribution in [2.24, 2.45) is 0 Å². The number of fused-ring (bicyclic) bond motifs is 2. The zero-order valence-electron chi connectivity index (χ0n) is 16.9. The van der Waals surface area contributed by atoms with Gasteiger partial charge in [-0.15, -0.1) is 0 Å². The number of carbonyl (C=O) groups is 3. The Bertz CT molecular complexity index is 1010. The highest BCUT2D eigenvalue weighted by atomic mass is 16.5. The fourth-order valence-electron chi connectivity index (χ4n) is 4.14. The number of hydrogen-bond acceptors (Lipinski definition) is 4. The van der Waals surface area contributed by atoms with E-state index in [0.717, 1.165) is 35.2 Å². The SMILES string of the molecule is CC(=O)N1C=Cc2ccccc2C1CC(=O)OCC(=O)N1CCCc2ccccc21. The maximum Gasteiger partial charge on any atom is 0.308 e. The molecule has 154 valence electrons. The highest BCUT2D eigenvalue weighted by molar-refractivity contribution is 5.96. The maximum atomic E-state index is 12.7. The van der Waals surface area contributed by atoms with Gasteiger partial charge in [0.05, 0.1) is 12.5 Å². The molecule has 6 heteroatoms. The van der Waals surface area contributed by atoms with Crippen molar-refractivity contribution in [1.82, 2.24) is 4.90 Å². The number of amides is 2. The topological polar surface area (TPSA) is 66.9 Å². The van der Waals surface area contributed by atoms with Gasteiger partial charge in [0.15, 0.2) is 6.61 Å². The van der Waals surface area contributed by atoms with Gasteiger partial charge in [0.2, 0.25) is 5.91 Å². The molecule has 2 amide bonds. The Balaban J connectivity index is 1.42. The quantitative estimate of drug-likeness (QED) is 0.732. The van der Waals surface area contributed by atoms with E-state index in [4.69, 9.17) is 4.74 Å². The molecule has 2 aliphatic rings. The molecule has 0 aliphatic carbocycles. The molecule has 0 fully saturated rings. The number of ether oxygens (including phenoxy) is 1. The van der Waals surface area contributed by atoms with Gasteiger partial charge in [0.1, 0.15) is 0 Å². The summed E-state index contributed by atoms with van der Waals surface area (Å²) in [5.74, 6) is -0.891. The number of para-hydroxylation sites is 1. The molecular weight excluding hydrogens is 380 g/mol. The highest BCUT2D eigenvalue weighted by Gasteiger charge is 2.29. The summed E-state index contributed by atoms with van der Waals surface area (Å²) < 4.78 is 5.33. The van der Waals surface area contributed by atoms with Crippen LogP contribution >= 0.6 is 0 Å². The van der Waals surface area contributed by atoms with E-state index >= 15 is 0 Å². The zero-order chi connectivity index (χ0) is 21.1. The molecule has 6 nitrogen and oxygen atoms in total. The highest BCUT2D eigenvalue weighted by Crippen LogP contribution is 2.33. The Labute approximate surface area is 175 Å². The number of nitrogens with zero attached hydrogens (tertiary/aromatic N) is 2. The van der Waals surface area contributed by atoms with Gasteiger partial charge in [-0.25, -0.2) is 0 Å². The number of anilines is 1. The van der Waals surface area contributed by atoms with Crippen molar-refractivity contribution >= 4 is 29.5 Å². The van der Waals surface area contributed by atoms with E-state index in [2.05, 4.69) is 0 Å². The predicted molar refractivity (Wildman–Crippen MR) is 113 cm³/mol. The molecule has 0 aromatic heterocycles. The van der Waals surface area contributed by atoms with Crippen LogP contribution in [0, 0.1) is 0 Å². The predicted octanol–water partition coefficient (Wildman–Crippen LogP) is 3.47. The first-order valence-electron chi connectivity index (χ1n) is 10.1. The number of aryl methyl sites for hydroxylation is 1. The lowest BCUT2D eigenvalue weighted by atomic mass is 9.94. The van der Waals surface area contributed by atoms with E-state index in [0.29, 0.717) is 6.54 Å². The summed E-state index contributed by atoms with van der Waals surface area (Å²) in [5, 5.41) is 0. The number of rotatable bonds is 4. The molecule has 1 unspecified atom stereocenters. The summed E-state index contributed by atoms with van der Waals surface area (Å²) in [4.78, 5) is 40.5. The van der Waals surface area contributed by atoms with Crippen LogP contribution in [0.15, 0.2) is 54.7 Å². The molecule has 0 spiro atoms. The Kier molecular flexibility index (Phi) is 5.65. The first-order valence-corrected chi connectivity index (χ1v) is 10.1. The Hall–Kier alpha value is -3.41. The summed E-state index contributed by atoms with van der Waals surface area (Å²) in [6.45, 7) is 1.78. The average Bonchev–Trinajstić information content (AvgIpc) is 2.77. The minimum atomic E-state index is -0.505. The fourth-order valence-corrected chi connectivity index (χ4v) is 4.14. The summed E-state index contributed by atoms with van der Waals surface area (Å²) in [6.07, 6.45) is 5.36. The first kappa shape index (κ1) is 19.9. The van der Waals surface area contributed by atoms with Crippen LogP contribution in [0.4, 0.5) is 5.69 Å². The van der Waals surface area contributed by atoms with Crippen molar-refractivity contribution in [3.63, 3.8) is 0 Å². The molecule has 2 aliphatic heterocycles. The van der Waals surface area contributed by atoms with Gasteiger partial charge in [-0.3, -0.25) is 14.4 Å². The van der Waals surface area contributed by atoms with Crippen LogP contribution < -0.4 is 4.90 Å². The second-order valence-electron chi connectivity index (χ2n) is 7.53. The molecule has 1 atom stereocenters. The van der Waals surface area contributed by atoms with Gasteiger partial charge in [-0.05, 0) is 41.7 Å². The number of benzene rings is 2. The summed E-state index contributed by atoms with van der Waals surface area (Å²) in [6, 6.07) is 15.0. The van der Waals surface area contributed by atoms with Crippen molar-refractivity contribution in [2.45, 2.75) is 32.2 Å². The van der Waals surface area contributed by atoms with Crippen LogP contribution in [0.5, 0.6) is 0 Å². The van der Waals surface area contributed by atoms with Crippen molar-refractivity contribution in [2.75, 3.05) is 18.1 Å². The standard InChI is InChI=1S/C24H24N2O4/c1-17(27)25-14-12-18-7-2-4-10-20(18)22(25)15-24(29)30-16-23(28)26-13-6-9-19-8-3-5-11-21(19)26/h2-5,7-8,10-12,14,22H,6,9,13,15-16H2,1H3. The summed E-state index contributed by atoms with van der Waals surface area (Å²) >= 11 is 0. The van der Waals surface area contributed by atoms with Crippen molar-refractivity contribution < 1.29 is 19.1 Å². The van der Waals surface area contributed by atoms with Gasteiger partial charge in [-0.1, -0.05) is 42.5 Å². The third-order valence-electron chi connectivity index (χ3n) is 5.60. The lowest BCUT2D eigenvalue weighted by Crippen LogP contribution is -2.38. The molecule has 2 heterocycles. The lowest BCUT2D eigenvalue weighted by Gasteiger charge is -2.32. The minimum Gasteiger partial charge on any atom is -0.455 e. The van der Waals surface area contributed by atoms with E-state index < -0.39 is 12.0 Å². The number of carbonyl (C=O) groups excluding carboxylic acids is 3.